The fourth-order valence-corrected chi connectivity index (χ4v) is 4.80. The van der Waals surface area contributed by atoms with E-state index in [2.05, 4.69) is 6.58 Å². The van der Waals surface area contributed by atoms with Gasteiger partial charge in [0, 0.05) is 0 Å². The summed E-state index contributed by atoms with van der Waals surface area (Å²) < 4.78 is 39.7. The SMILES string of the molecule is C=C(C1CCC(/C=C(\F)C#N)CC1)C1CCC(c2ccc(F)c(F)c2)CC1. The summed E-state index contributed by atoms with van der Waals surface area (Å²) in [6, 6.07) is 5.81. The number of hydrogen-bond acceptors (Lipinski definition) is 1. The Kier molecular flexibility index (Phi) is 6.42. The molecule has 1 aromatic carbocycles. The van der Waals surface area contributed by atoms with Gasteiger partial charge in [0.1, 0.15) is 6.07 Å². The van der Waals surface area contributed by atoms with E-state index in [4.69, 9.17) is 5.26 Å². The highest BCUT2D eigenvalue weighted by Crippen LogP contribution is 2.43. The molecule has 144 valence electrons. The van der Waals surface area contributed by atoms with E-state index in [0.29, 0.717) is 17.8 Å². The Morgan fingerprint density at radius 1 is 0.963 bits per heavy atom. The molecule has 0 unspecified atom stereocenters. The molecule has 2 aliphatic carbocycles. The molecule has 27 heavy (non-hydrogen) atoms. The molecule has 4 heteroatoms. The molecule has 2 fully saturated rings. The van der Waals surface area contributed by atoms with Crippen LogP contribution in [0.2, 0.25) is 0 Å². The summed E-state index contributed by atoms with van der Waals surface area (Å²) >= 11 is 0. The second-order valence-corrected chi connectivity index (χ2v) is 8.04. The summed E-state index contributed by atoms with van der Waals surface area (Å²) in [4.78, 5) is 0. The van der Waals surface area contributed by atoms with Gasteiger partial charge in [-0.1, -0.05) is 18.2 Å². The van der Waals surface area contributed by atoms with Crippen molar-refractivity contribution >= 4 is 0 Å². The predicted molar refractivity (Wildman–Crippen MR) is 100 cm³/mol. The number of hydrogen-bond donors (Lipinski definition) is 0. The lowest BCUT2D eigenvalue weighted by molar-refractivity contribution is 0.288. The van der Waals surface area contributed by atoms with Gasteiger partial charge in [0.15, 0.2) is 17.5 Å². The van der Waals surface area contributed by atoms with Gasteiger partial charge in [-0.25, -0.2) is 8.78 Å². The topological polar surface area (TPSA) is 23.8 Å². The Morgan fingerprint density at radius 3 is 2.11 bits per heavy atom. The molecule has 1 nitrogen and oxygen atoms in total. The molecule has 2 aliphatic rings. The van der Waals surface area contributed by atoms with E-state index < -0.39 is 17.5 Å². The number of benzene rings is 1. The zero-order valence-corrected chi connectivity index (χ0v) is 15.6. The molecule has 0 aliphatic heterocycles. The zero-order valence-electron chi connectivity index (χ0n) is 15.6. The Morgan fingerprint density at radius 2 is 1.56 bits per heavy atom. The van der Waals surface area contributed by atoms with Gasteiger partial charge in [0.05, 0.1) is 0 Å². The van der Waals surface area contributed by atoms with Crippen molar-refractivity contribution < 1.29 is 13.2 Å². The van der Waals surface area contributed by atoms with Crippen LogP contribution in [-0.4, -0.2) is 0 Å². The van der Waals surface area contributed by atoms with Crippen LogP contribution in [0.1, 0.15) is 62.8 Å². The molecule has 0 saturated heterocycles. The van der Waals surface area contributed by atoms with Crippen molar-refractivity contribution in [3.05, 3.63) is 59.5 Å². The van der Waals surface area contributed by atoms with Crippen LogP contribution in [0.15, 0.2) is 42.3 Å². The monoisotopic (exact) mass is 373 g/mol. The minimum Gasteiger partial charge on any atom is -0.204 e. The van der Waals surface area contributed by atoms with Crippen LogP contribution in [0, 0.1) is 40.7 Å². The van der Waals surface area contributed by atoms with E-state index in [1.165, 1.54) is 23.8 Å². The van der Waals surface area contributed by atoms with Gasteiger partial charge < -0.3 is 0 Å². The van der Waals surface area contributed by atoms with Crippen molar-refractivity contribution in [2.75, 3.05) is 0 Å². The third-order valence-corrected chi connectivity index (χ3v) is 6.45. The van der Waals surface area contributed by atoms with Crippen LogP contribution in [0.5, 0.6) is 0 Å². The van der Waals surface area contributed by atoms with E-state index >= 15 is 0 Å². The third-order valence-electron chi connectivity index (χ3n) is 6.45. The molecule has 0 atom stereocenters. The van der Waals surface area contributed by atoms with Crippen LogP contribution in [0.4, 0.5) is 13.2 Å². The highest BCUT2D eigenvalue weighted by atomic mass is 19.2. The van der Waals surface area contributed by atoms with Gasteiger partial charge in [0.25, 0.3) is 0 Å². The first-order chi connectivity index (χ1) is 13.0. The minimum atomic E-state index is -0.791. The molecular weight excluding hydrogens is 347 g/mol. The smallest absolute Gasteiger partial charge is 0.196 e. The van der Waals surface area contributed by atoms with Crippen molar-refractivity contribution in [2.45, 2.75) is 57.3 Å². The summed E-state index contributed by atoms with van der Waals surface area (Å²) in [6.07, 6.45) is 9.29. The average Bonchev–Trinajstić information content (AvgIpc) is 2.70. The van der Waals surface area contributed by atoms with Gasteiger partial charge in [0.2, 0.25) is 0 Å². The first-order valence-electron chi connectivity index (χ1n) is 9.89. The maximum atomic E-state index is 13.5. The molecule has 0 amide bonds. The maximum Gasteiger partial charge on any atom is 0.196 e. The van der Waals surface area contributed by atoms with Gasteiger partial charge in [-0.05, 0) is 98.8 Å². The number of nitriles is 1. The van der Waals surface area contributed by atoms with Crippen molar-refractivity contribution in [3.63, 3.8) is 0 Å². The van der Waals surface area contributed by atoms with E-state index in [0.717, 1.165) is 56.9 Å². The fourth-order valence-electron chi connectivity index (χ4n) is 4.80. The highest BCUT2D eigenvalue weighted by Gasteiger charge is 2.30. The largest absolute Gasteiger partial charge is 0.204 e. The Hall–Kier alpha value is -2.02. The number of rotatable bonds is 4. The lowest BCUT2D eigenvalue weighted by Gasteiger charge is -2.35. The summed E-state index contributed by atoms with van der Waals surface area (Å²) in [5.41, 5.74) is 2.20. The van der Waals surface area contributed by atoms with Crippen molar-refractivity contribution in [1.29, 1.82) is 5.26 Å². The third kappa shape index (κ3) is 4.83. The second-order valence-electron chi connectivity index (χ2n) is 8.04. The predicted octanol–water partition coefficient (Wildman–Crippen LogP) is 6.98. The molecule has 1 aromatic rings. The van der Waals surface area contributed by atoms with Gasteiger partial charge in [-0.2, -0.15) is 9.65 Å². The standard InChI is InChI=1S/C23H26F3N/c1-15(17-4-2-16(3-5-17)12-21(24)14-27)18-6-8-19(9-7-18)20-10-11-22(25)23(26)13-20/h10-13,16-19H,1-9H2/b21-12-. The van der Waals surface area contributed by atoms with Crippen LogP contribution in [0.25, 0.3) is 0 Å². The molecule has 0 heterocycles. The quantitative estimate of drug-likeness (QED) is 0.413. The fraction of sp³-hybridized carbons (Fsp3) is 0.522. The molecule has 0 bridgehead atoms. The highest BCUT2D eigenvalue weighted by molar-refractivity contribution is 5.23. The summed E-state index contributed by atoms with van der Waals surface area (Å²) in [6.45, 7) is 4.38. The van der Waals surface area contributed by atoms with Crippen molar-refractivity contribution in [1.82, 2.24) is 0 Å². The summed E-state index contributed by atoms with van der Waals surface area (Å²) in [7, 11) is 0. The number of allylic oxidation sites excluding steroid dienone is 3. The lowest BCUT2D eigenvalue weighted by atomic mass is 9.70. The summed E-state index contributed by atoms with van der Waals surface area (Å²) in [5, 5.41) is 8.56. The molecule has 3 rings (SSSR count). The van der Waals surface area contributed by atoms with Crippen molar-refractivity contribution in [2.24, 2.45) is 17.8 Å². The van der Waals surface area contributed by atoms with Gasteiger partial charge in [-0.3, -0.25) is 0 Å². The second kappa shape index (κ2) is 8.78. The molecule has 2 saturated carbocycles. The van der Waals surface area contributed by atoms with Crippen LogP contribution in [-0.2, 0) is 0 Å². The van der Waals surface area contributed by atoms with E-state index in [9.17, 15) is 13.2 Å². The average molecular weight is 373 g/mol. The van der Waals surface area contributed by atoms with E-state index in [1.54, 1.807) is 12.1 Å². The molecular formula is C23H26F3N. The van der Waals surface area contributed by atoms with E-state index in [-0.39, 0.29) is 5.92 Å². The maximum absolute atomic E-state index is 13.5. The van der Waals surface area contributed by atoms with Crippen LogP contribution < -0.4 is 0 Å². The van der Waals surface area contributed by atoms with E-state index in [1.807, 2.05) is 0 Å². The zero-order chi connectivity index (χ0) is 19.4. The minimum absolute atomic E-state index is 0.165. The number of halogens is 3. The molecule has 0 aromatic heterocycles. The van der Waals surface area contributed by atoms with Crippen LogP contribution >= 0.6 is 0 Å². The van der Waals surface area contributed by atoms with Crippen molar-refractivity contribution in [3.8, 4) is 6.07 Å². The number of nitrogens with zero attached hydrogens (tertiary/aromatic N) is 1. The Balaban J connectivity index is 1.50. The Labute approximate surface area is 159 Å². The lowest BCUT2D eigenvalue weighted by Crippen LogP contribution is -2.22. The molecule has 0 radical (unpaired) electrons. The Bertz CT molecular complexity index is 745. The first-order valence-corrected chi connectivity index (χ1v) is 9.89. The first kappa shape index (κ1) is 19.7. The molecule has 0 spiro atoms. The normalized spacial score (nSPS) is 29.2. The van der Waals surface area contributed by atoms with Gasteiger partial charge >= 0.3 is 0 Å². The van der Waals surface area contributed by atoms with Gasteiger partial charge in [-0.15, -0.1) is 0 Å². The summed E-state index contributed by atoms with van der Waals surface area (Å²) in [5.74, 6) is -0.813. The molecule has 0 N–H and O–H groups in total. The van der Waals surface area contributed by atoms with Crippen LogP contribution in [0.3, 0.4) is 0 Å².